The second kappa shape index (κ2) is 12.8. The van der Waals surface area contributed by atoms with Gasteiger partial charge in [0.15, 0.2) is 11.5 Å². The summed E-state index contributed by atoms with van der Waals surface area (Å²) in [6, 6.07) is 9.74. The highest BCUT2D eigenvalue weighted by molar-refractivity contribution is 6.40. The van der Waals surface area contributed by atoms with Gasteiger partial charge in [-0.2, -0.15) is 0 Å². The molecule has 212 valence electrons. The molecule has 4 rings (SSSR count). The zero-order valence-electron chi connectivity index (χ0n) is 22.0. The molecule has 4 aromatic rings. The molecule has 0 saturated carbocycles. The highest BCUT2D eigenvalue weighted by Crippen LogP contribution is 2.40. The number of halogens is 4. The summed E-state index contributed by atoms with van der Waals surface area (Å²) in [5.41, 5.74) is 1.09. The van der Waals surface area contributed by atoms with Crippen LogP contribution in [0.5, 0.6) is 0 Å². The first-order valence-corrected chi connectivity index (χ1v) is 13.2. The summed E-state index contributed by atoms with van der Waals surface area (Å²) in [6.07, 6.45) is 4.64. The van der Waals surface area contributed by atoms with Crippen LogP contribution in [0.1, 0.15) is 32.2 Å². The normalized spacial score (nSPS) is 11.7. The van der Waals surface area contributed by atoms with Gasteiger partial charge in [-0.1, -0.05) is 68.8 Å². The SMILES string of the molecule is COC(=O)c1c(-c2c(Cl)cccc2Cl)noc1C=CC(=CN(C)C)c1onc(-c2c(Cl)cccc2Cl)c1C(=O)OC. The fourth-order valence-electron chi connectivity index (χ4n) is 3.90. The van der Waals surface area contributed by atoms with Gasteiger partial charge in [0.2, 0.25) is 0 Å². The van der Waals surface area contributed by atoms with Crippen molar-refractivity contribution >= 4 is 70.0 Å². The molecule has 0 aliphatic rings. The number of rotatable bonds is 8. The van der Waals surface area contributed by atoms with Crippen LogP contribution in [0.25, 0.3) is 34.2 Å². The summed E-state index contributed by atoms with van der Waals surface area (Å²) in [5, 5.41) is 9.18. The van der Waals surface area contributed by atoms with Crippen molar-refractivity contribution in [3.63, 3.8) is 0 Å². The smallest absolute Gasteiger partial charge is 0.344 e. The number of hydrogen-bond donors (Lipinski definition) is 0. The summed E-state index contributed by atoms with van der Waals surface area (Å²) in [5.74, 6) is -1.40. The molecule has 0 unspecified atom stereocenters. The first-order valence-electron chi connectivity index (χ1n) is 11.7. The van der Waals surface area contributed by atoms with E-state index in [1.54, 1.807) is 61.6 Å². The Morgan fingerprint density at radius 1 is 0.780 bits per heavy atom. The number of nitrogens with zero attached hydrogens (tertiary/aromatic N) is 3. The Bertz CT molecular complexity index is 1650. The van der Waals surface area contributed by atoms with Crippen molar-refractivity contribution in [3.8, 4) is 22.5 Å². The van der Waals surface area contributed by atoms with Crippen LogP contribution in [0, 0.1) is 0 Å². The summed E-state index contributed by atoms with van der Waals surface area (Å²) in [4.78, 5) is 27.5. The molecule has 2 aromatic carbocycles. The third-order valence-electron chi connectivity index (χ3n) is 5.66. The van der Waals surface area contributed by atoms with Gasteiger partial charge in [0.25, 0.3) is 0 Å². The van der Waals surface area contributed by atoms with E-state index in [0.717, 1.165) is 0 Å². The summed E-state index contributed by atoms with van der Waals surface area (Å²) in [7, 11) is 5.97. The van der Waals surface area contributed by atoms with Crippen LogP contribution < -0.4 is 0 Å². The number of aromatic nitrogens is 2. The van der Waals surface area contributed by atoms with Crippen LogP contribution in [-0.2, 0) is 9.47 Å². The average molecular weight is 637 g/mol. The standard InChI is InChI=1S/C28H21Cl4N3O6/c1-35(2)13-14(26-23(28(37)39-4)25(34-41-26)21-17(31)9-6-10-18(21)32)11-12-19-22(27(36)38-3)24(33-40-19)20-15(29)7-5-8-16(20)30/h5-13H,1-4H3. The minimum absolute atomic E-state index is 0.0164. The van der Waals surface area contributed by atoms with E-state index in [0.29, 0.717) is 16.7 Å². The van der Waals surface area contributed by atoms with Crippen molar-refractivity contribution in [3.05, 3.63) is 91.4 Å². The third kappa shape index (κ3) is 6.13. The molecular formula is C28H21Cl4N3O6. The Kier molecular flexibility index (Phi) is 9.45. The molecule has 0 radical (unpaired) electrons. The maximum Gasteiger partial charge on any atom is 0.344 e. The van der Waals surface area contributed by atoms with Crippen molar-refractivity contribution in [2.75, 3.05) is 28.3 Å². The Balaban J connectivity index is 1.89. The van der Waals surface area contributed by atoms with E-state index in [1.165, 1.54) is 26.4 Å². The minimum Gasteiger partial charge on any atom is -0.465 e. The molecule has 0 fully saturated rings. The van der Waals surface area contributed by atoms with Crippen LogP contribution in [0.15, 0.2) is 57.7 Å². The summed E-state index contributed by atoms with van der Waals surface area (Å²) in [6.45, 7) is 0. The zero-order chi connectivity index (χ0) is 29.8. The molecule has 0 aliphatic heterocycles. The lowest BCUT2D eigenvalue weighted by Gasteiger charge is -2.09. The average Bonchev–Trinajstić information content (AvgIpc) is 3.55. The molecule has 0 amide bonds. The first kappa shape index (κ1) is 30.2. The van der Waals surface area contributed by atoms with Gasteiger partial charge in [-0.15, -0.1) is 0 Å². The van der Waals surface area contributed by atoms with E-state index in [-0.39, 0.29) is 54.1 Å². The van der Waals surface area contributed by atoms with E-state index in [9.17, 15) is 9.59 Å². The van der Waals surface area contributed by atoms with Crippen molar-refractivity contribution in [1.82, 2.24) is 15.2 Å². The molecule has 0 atom stereocenters. The summed E-state index contributed by atoms with van der Waals surface area (Å²) < 4.78 is 21.2. The molecule has 13 heteroatoms. The topological polar surface area (TPSA) is 108 Å². The number of allylic oxidation sites excluding steroid dienone is 2. The van der Waals surface area contributed by atoms with Gasteiger partial charge in [-0.3, -0.25) is 0 Å². The van der Waals surface area contributed by atoms with Crippen LogP contribution in [0.2, 0.25) is 20.1 Å². The number of carbonyl (C=O) groups excluding carboxylic acids is 2. The number of ether oxygens (including phenoxy) is 2. The minimum atomic E-state index is -0.740. The van der Waals surface area contributed by atoms with Crippen molar-refractivity contribution in [2.45, 2.75) is 0 Å². The Labute approximate surface area is 254 Å². The number of hydrogen-bond acceptors (Lipinski definition) is 9. The zero-order valence-corrected chi connectivity index (χ0v) is 25.0. The largest absolute Gasteiger partial charge is 0.465 e. The van der Waals surface area contributed by atoms with Gasteiger partial charge in [-0.05, 0) is 36.4 Å². The van der Waals surface area contributed by atoms with Crippen LogP contribution in [-0.4, -0.2) is 55.5 Å². The predicted molar refractivity (Wildman–Crippen MR) is 157 cm³/mol. The van der Waals surface area contributed by atoms with Gasteiger partial charge in [0.05, 0.1) is 34.3 Å². The maximum absolute atomic E-state index is 13.0. The number of benzene rings is 2. The number of methoxy groups -OCH3 is 2. The Morgan fingerprint density at radius 2 is 1.24 bits per heavy atom. The molecule has 0 N–H and O–H groups in total. The fraction of sp³-hybridized carbons (Fsp3) is 0.143. The Morgan fingerprint density at radius 3 is 1.73 bits per heavy atom. The third-order valence-corrected chi connectivity index (χ3v) is 6.92. The van der Waals surface area contributed by atoms with Crippen molar-refractivity contribution < 1.29 is 28.1 Å². The summed E-state index contributed by atoms with van der Waals surface area (Å²) >= 11 is 25.5. The predicted octanol–water partition coefficient (Wildman–Crippen LogP) is 7.80. The van der Waals surface area contributed by atoms with Crippen LogP contribution in [0.4, 0.5) is 0 Å². The lowest BCUT2D eigenvalue weighted by Crippen LogP contribution is -2.07. The number of esters is 2. The molecule has 0 aliphatic carbocycles. The van der Waals surface area contributed by atoms with E-state index in [1.807, 2.05) is 0 Å². The fourth-order valence-corrected chi connectivity index (χ4v) is 5.06. The molecule has 2 aromatic heterocycles. The van der Waals surface area contributed by atoms with Crippen molar-refractivity contribution in [2.24, 2.45) is 0 Å². The van der Waals surface area contributed by atoms with Gasteiger partial charge in [0.1, 0.15) is 22.5 Å². The quantitative estimate of drug-likeness (QED) is 0.141. The maximum atomic E-state index is 13.0. The van der Waals surface area contributed by atoms with Gasteiger partial charge in [0, 0.05) is 37.0 Å². The van der Waals surface area contributed by atoms with E-state index < -0.39 is 11.9 Å². The molecule has 2 heterocycles. The Hall–Kier alpha value is -3.76. The highest BCUT2D eigenvalue weighted by Gasteiger charge is 2.30. The highest BCUT2D eigenvalue weighted by atomic mass is 35.5. The molecule has 9 nitrogen and oxygen atoms in total. The lowest BCUT2D eigenvalue weighted by molar-refractivity contribution is 0.0591. The molecule has 0 saturated heterocycles. The van der Waals surface area contributed by atoms with E-state index in [4.69, 9.17) is 64.9 Å². The number of carbonyl (C=O) groups is 2. The van der Waals surface area contributed by atoms with E-state index in [2.05, 4.69) is 10.3 Å². The van der Waals surface area contributed by atoms with Gasteiger partial charge < -0.3 is 23.4 Å². The molecular weight excluding hydrogens is 616 g/mol. The first-order chi connectivity index (χ1) is 19.6. The lowest BCUT2D eigenvalue weighted by atomic mass is 10.0. The molecule has 41 heavy (non-hydrogen) atoms. The monoisotopic (exact) mass is 635 g/mol. The molecule has 0 spiro atoms. The van der Waals surface area contributed by atoms with Gasteiger partial charge in [-0.25, -0.2) is 9.59 Å². The van der Waals surface area contributed by atoms with Crippen molar-refractivity contribution in [1.29, 1.82) is 0 Å². The van der Waals surface area contributed by atoms with Gasteiger partial charge >= 0.3 is 11.9 Å². The second-order valence-electron chi connectivity index (χ2n) is 8.56. The second-order valence-corrected chi connectivity index (χ2v) is 10.2. The van der Waals surface area contributed by atoms with E-state index >= 15 is 0 Å². The van der Waals surface area contributed by atoms with Crippen LogP contribution >= 0.6 is 46.4 Å². The van der Waals surface area contributed by atoms with Crippen LogP contribution in [0.3, 0.4) is 0 Å². The molecule has 0 bridgehead atoms.